The molecule has 0 spiro atoms. The van der Waals surface area contributed by atoms with E-state index in [1.165, 1.54) is 0 Å². The summed E-state index contributed by atoms with van der Waals surface area (Å²) in [6, 6.07) is 10.3. The van der Waals surface area contributed by atoms with Crippen molar-refractivity contribution in [2.75, 3.05) is 12.4 Å². The third-order valence-corrected chi connectivity index (χ3v) is 3.23. The van der Waals surface area contributed by atoms with Gasteiger partial charge in [-0.15, -0.1) is 0 Å². The summed E-state index contributed by atoms with van der Waals surface area (Å²) in [6.45, 7) is 4.25. The van der Waals surface area contributed by atoms with E-state index < -0.39 is 0 Å². The van der Waals surface area contributed by atoms with Crippen molar-refractivity contribution in [3.63, 3.8) is 0 Å². The number of aryl methyl sites for hydroxylation is 1. The lowest BCUT2D eigenvalue weighted by molar-refractivity contribution is 0.753. The van der Waals surface area contributed by atoms with Crippen molar-refractivity contribution in [1.29, 1.82) is 0 Å². The summed E-state index contributed by atoms with van der Waals surface area (Å²) in [5.74, 6) is 1.86. The second kappa shape index (κ2) is 6.32. The molecule has 100 valence electrons. The Morgan fingerprint density at radius 1 is 1.11 bits per heavy atom. The average molecular weight is 255 g/mol. The smallest absolute Gasteiger partial charge is 0.132 e. The molecule has 0 bridgehead atoms. The molecule has 2 rings (SSSR count). The van der Waals surface area contributed by atoms with Gasteiger partial charge in [0.1, 0.15) is 11.6 Å². The van der Waals surface area contributed by atoms with Gasteiger partial charge in [-0.3, -0.25) is 0 Å². The Morgan fingerprint density at radius 2 is 1.84 bits per heavy atom. The standard InChI is InChI=1S/C16H21N3/c1-4-5-11-14-18-15(12(2)16(17-3)19-14)13-9-7-6-8-10-13/h6-10H,4-5,11H2,1-3H3,(H,17,18,19). The van der Waals surface area contributed by atoms with Crippen molar-refractivity contribution in [3.8, 4) is 11.3 Å². The highest BCUT2D eigenvalue weighted by molar-refractivity contribution is 5.67. The number of hydrogen-bond acceptors (Lipinski definition) is 3. The molecule has 3 nitrogen and oxygen atoms in total. The van der Waals surface area contributed by atoms with Gasteiger partial charge in [0.25, 0.3) is 0 Å². The molecule has 0 amide bonds. The van der Waals surface area contributed by atoms with Gasteiger partial charge in [-0.25, -0.2) is 9.97 Å². The number of anilines is 1. The van der Waals surface area contributed by atoms with Crippen LogP contribution in [0.15, 0.2) is 30.3 Å². The van der Waals surface area contributed by atoms with Crippen molar-refractivity contribution >= 4 is 5.82 Å². The molecule has 0 fully saturated rings. The van der Waals surface area contributed by atoms with Crippen LogP contribution in [0.2, 0.25) is 0 Å². The monoisotopic (exact) mass is 255 g/mol. The van der Waals surface area contributed by atoms with Crippen LogP contribution < -0.4 is 5.32 Å². The SMILES string of the molecule is CCCCc1nc(NC)c(C)c(-c2ccccc2)n1. The molecule has 0 unspecified atom stereocenters. The van der Waals surface area contributed by atoms with Crippen molar-refractivity contribution in [2.24, 2.45) is 0 Å². The molecule has 0 aliphatic rings. The van der Waals surface area contributed by atoms with Gasteiger partial charge < -0.3 is 5.32 Å². The fourth-order valence-electron chi connectivity index (χ4n) is 2.13. The second-order valence-corrected chi connectivity index (χ2v) is 4.68. The summed E-state index contributed by atoms with van der Waals surface area (Å²) in [6.07, 6.45) is 3.22. The third kappa shape index (κ3) is 3.11. The molecular weight excluding hydrogens is 234 g/mol. The van der Waals surface area contributed by atoms with Gasteiger partial charge in [0.2, 0.25) is 0 Å². The van der Waals surface area contributed by atoms with Gasteiger partial charge in [-0.05, 0) is 13.3 Å². The van der Waals surface area contributed by atoms with Gasteiger partial charge in [0.05, 0.1) is 5.69 Å². The Kier molecular flexibility index (Phi) is 4.50. The fraction of sp³-hybridized carbons (Fsp3) is 0.375. The summed E-state index contributed by atoms with van der Waals surface area (Å²) >= 11 is 0. The summed E-state index contributed by atoms with van der Waals surface area (Å²) in [7, 11) is 1.91. The van der Waals surface area contributed by atoms with Crippen LogP contribution in [0.4, 0.5) is 5.82 Å². The van der Waals surface area contributed by atoms with E-state index in [4.69, 9.17) is 4.98 Å². The molecule has 0 atom stereocenters. The Bertz CT molecular complexity index is 535. The van der Waals surface area contributed by atoms with Crippen molar-refractivity contribution in [2.45, 2.75) is 33.1 Å². The number of hydrogen-bond donors (Lipinski definition) is 1. The zero-order valence-electron chi connectivity index (χ0n) is 11.9. The molecular formula is C16H21N3. The fourth-order valence-corrected chi connectivity index (χ4v) is 2.13. The highest BCUT2D eigenvalue weighted by Crippen LogP contribution is 2.25. The lowest BCUT2D eigenvalue weighted by Crippen LogP contribution is -2.05. The Hall–Kier alpha value is -1.90. The maximum Gasteiger partial charge on any atom is 0.132 e. The van der Waals surface area contributed by atoms with Crippen LogP contribution in [-0.4, -0.2) is 17.0 Å². The summed E-state index contributed by atoms with van der Waals surface area (Å²) in [5.41, 5.74) is 3.29. The van der Waals surface area contributed by atoms with E-state index in [0.29, 0.717) is 0 Å². The van der Waals surface area contributed by atoms with Gasteiger partial charge in [0, 0.05) is 24.6 Å². The molecule has 1 aromatic heterocycles. The van der Waals surface area contributed by atoms with Crippen LogP contribution in [0.3, 0.4) is 0 Å². The molecule has 19 heavy (non-hydrogen) atoms. The molecule has 0 saturated carbocycles. The maximum atomic E-state index is 4.74. The zero-order valence-corrected chi connectivity index (χ0v) is 11.9. The molecule has 0 aliphatic heterocycles. The highest BCUT2D eigenvalue weighted by Gasteiger charge is 2.11. The lowest BCUT2D eigenvalue weighted by Gasteiger charge is -2.12. The molecule has 1 N–H and O–H groups in total. The van der Waals surface area contributed by atoms with Gasteiger partial charge in [0.15, 0.2) is 0 Å². The normalized spacial score (nSPS) is 10.5. The van der Waals surface area contributed by atoms with Crippen molar-refractivity contribution in [1.82, 2.24) is 9.97 Å². The molecule has 1 aromatic carbocycles. The van der Waals surface area contributed by atoms with Crippen molar-refractivity contribution < 1.29 is 0 Å². The topological polar surface area (TPSA) is 37.8 Å². The van der Waals surface area contributed by atoms with Gasteiger partial charge in [-0.2, -0.15) is 0 Å². The average Bonchev–Trinajstić information content (AvgIpc) is 2.47. The first-order chi connectivity index (χ1) is 9.26. The molecule has 0 radical (unpaired) electrons. The number of nitrogens with one attached hydrogen (secondary N) is 1. The predicted octanol–water partition coefficient (Wildman–Crippen LogP) is 3.84. The summed E-state index contributed by atoms with van der Waals surface area (Å²) in [5, 5.41) is 3.17. The summed E-state index contributed by atoms with van der Waals surface area (Å²) in [4.78, 5) is 9.33. The maximum absolute atomic E-state index is 4.74. The summed E-state index contributed by atoms with van der Waals surface area (Å²) < 4.78 is 0. The molecule has 2 aromatic rings. The first-order valence-electron chi connectivity index (χ1n) is 6.87. The van der Waals surface area contributed by atoms with E-state index in [2.05, 4.69) is 36.3 Å². The van der Waals surface area contributed by atoms with Crippen LogP contribution in [0.25, 0.3) is 11.3 Å². The van der Waals surface area contributed by atoms with E-state index >= 15 is 0 Å². The van der Waals surface area contributed by atoms with Gasteiger partial charge >= 0.3 is 0 Å². The van der Waals surface area contributed by atoms with E-state index in [-0.39, 0.29) is 0 Å². The minimum absolute atomic E-state index is 0.927. The van der Waals surface area contributed by atoms with E-state index in [1.54, 1.807) is 0 Å². The Morgan fingerprint density at radius 3 is 2.47 bits per heavy atom. The van der Waals surface area contributed by atoms with Crippen LogP contribution >= 0.6 is 0 Å². The van der Waals surface area contributed by atoms with Gasteiger partial charge in [-0.1, -0.05) is 43.7 Å². The van der Waals surface area contributed by atoms with E-state index in [1.807, 2.05) is 25.2 Å². The first kappa shape index (κ1) is 13.5. The van der Waals surface area contributed by atoms with Crippen molar-refractivity contribution in [3.05, 3.63) is 41.7 Å². The number of unbranched alkanes of at least 4 members (excludes halogenated alkanes) is 1. The van der Waals surface area contributed by atoms with Crippen LogP contribution in [0.1, 0.15) is 31.2 Å². The zero-order chi connectivity index (χ0) is 13.7. The number of aromatic nitrogens is 2. The number of benzene rings is 1. The third-order valence-electron chi connectivity index (χ3n) is 3.23. The molecule has 3 heteroatoms. The highest BCUT2D eigenvalue weighted by atomic mass is 15.0. The predicted molar refractivity (Wildman–Crippen MR) is 80.4 cm³/mol. The molecule has 0 saturated heterocycles. The Balaban J connectivity index is 2.46. The van der Waals surface area contributed by atoms with E-state index in [0.717, 1.165) is 47.7 Å². The van der Waals surface area contributed by atoms with Crippen LogP contribution in [0, 0.1) is 6.92 Å². The van der Waals surface area contributed by atoms with Crippen LogP contribution in [0.5, 0.6) is 0 Å². The minimum Gasteiger partial charge on any atom is -0.373 e. The van der Waals surface area contributed by atoms with E-state index in [9.17, 15) is 0 Å². The minimum atomic E-state index is 0.927. The number of nitrogens with zero attached hydrogens (tertiary/aromatic N) is 2. The second-order valence-electron chi connectivity index (χ2n) is 4.68. The largest absolute Gasteiger partial charge is 0.373 e. The molecule has 0 aliphatic carbocycles. The first-order valence-corrected chi connectivity index (χ1v) is 6.87. The Labute approximate surface area is 115 Å². The number of rotatable bonds is 5. The lowest BCUT2D eigenvalue weighted by atomic mass is 10.1. The van der Waals surface area contributed by atoms with Crippen LogP contribution in [-0.2, 0) is 6.42 Å². The quantitative estimate of drug-likeness (QED) is 0.882. The molecule has 1 heterocycles.